The molecule has 0 radical (unpaired) electrons. The Kier molecular flexibility index (Phi) is 6.57. The molecule has 2 unspecified atom stereocenters. The normalized spacial score (nSPS) is 16.4. The third kappa shape index (κ3) is 6.32. The Bertz CT molecular complexity index is 83.6. The Balaban J connectivity index is 3.22. The second kappa shape index (κ2) is 6.62. The first kappa shape index (κ1) is 10.9. The van der Waals surface area contributed by atoms with Crippen LogP contribution in [0, 0.1) is 5.92 Å². The summed E-state index contributed by atoms with van der Waals surface area (Å²) in [6, 6.07) is 0.578. The van der Waals surface area contributed by atoms with Gasteiger partial charge >= 0.3 is 0 Å². The SMILES string of the molecule is CCC(C)CNC(C)CCN. The van der Waals surface area contributed by atoms with Crippen LogP contribution in [0.5, 0.6) is 0 Å². The first-order chi connectivity index (χ1) is 5.20. The fraction of sp³-hybridized carbons (Fsp3) is 1.00. The van der Waals surface area contributed by atoms with Crippen LogP contribution in [0.1, 0.15) is 33.6 Å². The molecule has 0 aromatic heterocycles. The third-order valence-corrected chi connectivity index (χ3v) is 2.11. The lowest BCUT2D eigenvalue weighted by Gasteiger charge is -2.15. The summed E-state index contributed by atoms with van der Waals surface area (Å²) in [6.45, 7) is 8.59. The molecule has 0 aliphatic carbocycles. The lowest BCUT2D eigenvalue weighted by Crippen LogP contribution is -2.31. The van der Waals surface area contributed by atoms with E-state index in [1.165, 1.54) is 6.42 Å². The fourth-order valence-corrected chi connectivity index (χ4v) is 0.899. The molecule has 0 aromatic carbocycles. The van der Waals surface area contributed by atoms with Crippen molar-refractivity contribution in [3.63, 3.8) is 0 Å². The van der Waals surface area contributed by atoms with E-state index in [0.717, 1.165) is 25.4 Å². The standard InChI is InChI=1S/C9H22N2/c1-4-8(2)7-11-9(3)5-6-10/h8-9,11H,4-7,10H2,1-3H3. The lowest BCUT2D eigenvalue weighted by molar-refractivity contribution is 0.441. The highest BCUT2D eigenvalue weighted by Crippen LogP contribution is 1.98. The van der Waals surface area contributed by atoms with Crippen molar-refractivity contribution in [2.45, 2.75) is 39.7 Å². The van der Waals surface area contributed by atoms with E-state index in [0.29, 0.717) is 6.04 Å². The van der Waals surface area contributed by atoms with E-state index in [2.05, 4.69) is 26.1 Å². The Morgan fingerprint density at radius 3 is 2.45 bits per heavy atom. The van der Waals surface area contributed by atoms with Crippen molar-refractivity contribution in [1.29, 1.82) is 0 Å². The highest BCUT2D eigenvalue weighted by molar-refractivity contribution is 4.62. The van der Waals surface area contributed by atoms with Gasteiger partial charge in [0.15, 0.2) is 0 Å². The summed E-state index contributed by atoms with van der Waals surface area (Å²) < 4.78 is 0. The minimum absolute atomic E-state index is 0.578. The molecule has 0 aromatic rings. The van der Waals surface area contributed by atoms with E-state index in [1.807, 2.05) is 0 Å². The number of hydrogen-bond acceptors (Lipinski definition) is 2. The highest BCUT2D eigenvalue weighted by atomic mass is 14.9. The second-order valence-electron chi connectivity index (χ2n) is 3.40. The maximum absolute atomic E-state index is 5.43. The van der Waals surface area contributed by atoms with Crippen molar-refractivity contribution in [1.82, 2.24) is 5.32 Å². The quantitative estimate of drug-likeness (QED) is 0.612. The van der Waals surface area contributed by atoms with Gasteiger partial charge in [-0.1, -0.05) is 20.3 Å². The van der Waals surface area contributed by atoms with Crippen LogP contribution >= 0.6 is 0 Å². The monoisotopic (exact) mass is 158 g/mol. The molecule has 0 amide bonds. The summed E-state index contributed by atoms with van der Waals surface area (Å²) in [5, 5.41) is 3.45. The van der Waals surface area contributed by atoms with Crippen LogP contribution in [0.4, 0.5) is 0 Å². The van der Waals surface area contributed by atoms with Gasteiger partial charge in [-0.3, -0.25) is 0 Å². The molecule has 0 fully saturated rings. The number of nitrogens with two attached hydrogens (primary N) is 1. The third-order valence-electron chi connectivity index (χ3n) is 2.11. The molecule has 3 N–H and O–H groups in total. The molecule has 2 nitrogen and oxygen atoms in total. The number of rotatable bonds is 6. The first-order valence-electron chi connectivity index (χ1n) is 4.64. The molecule has 2 heteroatoms. The van der Waals surface area contributed by atoms with E-state index < -0.39 is 0 Å². The average Bonchev–Trinajstić information content (AvgIpc) is 2.01. The van der Waals surface area contributed by atoms with Crippen molar-refractivity contribution in [2.75, 3.05) is 13.1 Å². The maximum atomic E-state index is 5.43. The number of nitrogens with one attached hydrogen (secondary N) is 1. The average molecular weight is 158 g/mol. The molecule has 2 atom stereocenters. The smallest absolute Gasteiger partial charge is 0.00508 e. The van der Waals surface area contributed by atoms with E-state index >= 15 is 0 Å². The Labute approximate surface area is 70.5 Å². The van der Waals surface area contributed by atoms with Gasteiger partial charge in [0.25, 0.3) is 0 Å². The zero-order valence-electron chi connectivity index (χ0n) is 8.06. The Morgan fingerprint density at radius 1 is 1.36 bits per heavy atom. The van der Waals surface area contributed by atoms with Crippen molar-refractivity contribution in [3.8, 4) is 0 Å². The molecule has 0 heterocycles. The van der Waals surface area contributed by atoms with E-state index in [9.17, 15) is 0 Å². The molecular weight excluding hydrogens is 136 g/mol. The van der Waals surface area contributed by atoms with Crippen molar-refractivity contribution >= 4 is 0 Å². The van der Waals surface area contributed by atoms with Crippen LogP contribution in [-0.4, -0.2) is 19.1 Å². The van der Waals surface area contributed by atoms with Gasteiger partial charge in [0.05, 0.1) is 0 Å². The summed E-state index contributed by atoms with van der Waals surface area (Å²) >= 11 is 0. The molecule has 11 heavy (non-hydrogen) atoms. The molecule has 0 spiro atoms. The zero-order chi connectivity index (χ0) is 8.69. The molecule has 0 saturated heterocycles. The summed E-state index contributed by atoms with van der Waals surface area (Å²) in [5.74, 6) is 0.787. The molecular formula is C9H22N2. The van der Waals surface area contributed by atoms with Crippen molar-refractivity contribution in [3.05, 3.63) is 0 Å². The van der Waals surface area contributed by atoms with Gasteiger partial charge in [-0.15, -0.1) is 0 Å². The summed E-state index contributed by atoms with van der Waals surface area (Å²) in [7, 11) is 0. The predicted molar refractivity (Wildman–Crippen MR) is 50.6 cm³/mol. The fourth-order valence-electron chi connectivity index (χ4n) is 0.899. The largest absolute Gasteiger partial charge is 0.330 e. The van der Waals surface area contributed by atoms with Gasteiger partial charge in [-0.25, -0.2) is 0 Å². The molecule has 0 bridgehead atoms. The lowest BCUT2D eigenvalue weighted by atomic mass is 10.1. The van der Waals surface area contributed by atoms with E-state index in [4.69, 9.17) is 5.73 Å². The van der Waals surface area contributed by atoms with Gasteiger partial charge in [-0.05, 0) is 32.4 Å². The van der Waals surface area contributed by atoms with Gasteiger partial charge in [0, 0.05) is 6.04 Å². The zero-order valence-corrected chi connectivity index (χ0v) is 8.06. The van der Waals surface area contributed by atoms with Crippen LogP contribution in [0.2, 0.25) is 0 Å². The molecule has 68 valence electrons. The topological polar surface area (TPSA) is 38.0 Å². The van der Waals surface area contributed by atoms with Crippen LogP contribution in [0.3, 0.4) is 0 Å². The summed E-state index contributed by atoms with van der Waals surface area (Å²) in [4.78, 5) is 0. The summed E-state index contributed by atoms with van der Waals surface area (Å²) in [6.07, 6.45) is 2.33. The molecule has 0 aliphatic rings. The van der Waals surface area contributed by atoms with Gasteiger partial charge in [0.1, 0.15) is 0 Å². The molecule has 0 rings (SSSR count). The van der Waals surface area contributed by atoms with Gasteiger partial charge in [-0.2, -0.15) is 0 Å². The number of hydrogen-bond donors (Lipinski definition) is 2. The van der Waals surface area contributed by atoms with Crippen molar-refractivity contribution in [2.24, 2.45) is 11.7 Å². The Morgan fingerprint density at radius 2 is 2.00 bits per heavy atom. The minimum Gasteiger partial charge on any atom is -0.330 e. The predicted octanol–water partition coefficient (Wildman–Crippen LogP) is 1.36. The molecule has 0 aliphatic heterocycles. The first-order valence-corrected chi connectivity index (χ1v) is 4.64. The van der Waals surface area contributed by atoms with Crippen molar-refractivity contribution < 1.29 is 0 Å². The maximum Gasteiger partial charge on any atom is 0.00508 e. The highest BCUT2D eigenvalue weighted by Gasteiger charge is 2.01. The summed E-state index contributed by atoms with van der Waals surface area (Å²) in [5.41, 5.74) is 5.43. The van der Waals surface area contributed by atoms with Crippen LogP contribution in [0.25, 0.3) is 0 Å². The van der Waals surface area contributed by atoms with Gasteiger partial charge in [0.2, 0.25) is 0 Å². The van der Waals surface area contributed by atoms with E-state index in [-0.39, 0.29) is 0 Å². The minimum atomic E-state index is 0.578. The van der Waals surface area contributed by atoms with Crippen LogP contribution in [0.15, 0.2) is 0 Å². The van der Waals surface area contributed by atoms with E-state index in [1.54, 1.807) is 0 Å². The second-order valence-corrected chi connectivity index (χ2v) is 3.40. The van der Waals surface area contributed by atoms with Crippen LogP contribution in [-0.2, 0) is 0 Å². The van der Waals surface area contributed by atoms with Crippen LogP contribution < -0.4 is 11.1 Å². The molecule has 0 saturated carbocycles. The van der Waals surface area contributed by atoms with Gasteiger partial charge < -0.3 is 11.1 Å². The Hall–Kier alpha value is -0.0800.